The first-order valence-electron chi connectivity index (χ1n) is 7.84. The Morgan fingerprint density at radius 2 is 1.67 bits per heavy atom. The normalized spacial score (nSPS) is 12.5. The Labute approximate surface area is 161 Å². The first kappa shape index (κ1) is 20.8. The van der Waals surface area contributed by atoms with Crippen LogP contribution in [0.4, 0.5) is 5.69 Å². The predicted molar refractivity (Wildman–Crippen MR) is 100 cm³/mol. The molecule has 0 saturated carbocycles. The maximum absolute atomic E-state index is 12.2. The number of halogens is 1. The zero-order valence-electron chi connectivity index (χ0n) is 14.0. The second kappa shape index (κ2) is 8.94. The van der Waals surface area contributed by atoms with Crippen molar-refractivity contribution in [2.24, 2.45) is 5.92 Å². The van der Waals surface area contributed by atoms with Crippen molar-refractivity contribution >= 4 is 33.3 Å². The highest BCUT2D eigenvalue weighted by Crippen LogP contribution is 2.15. The fourth-order valence-electron chi connectivity index (χ4n) is 2.36. The second-order valence-corrected chi connectivity index (χ2v) is 8.14. The van der Waals surface area contributed by atoms with Gasteiger partial charge in [0.25, 0.3) is 5.69 Å². The number of rotatable bonds is 9. The van der Waals surface area contributed by atoms with Crippen LogP contribution in [-0.4, -0.2) is 31.0 Å². The number of benzene rings is 2. The molecule has 144 valence electrons. The van der Waals surface area contributed by atoms with Gasteiger partial charge in [-0.1, -0.05) is 35.9 Å². The lowest BCUT2D eigenvalue weighted by Gasteiger charge is -2.14. The number of aliphatic carboxylic acids is 1. The molecule has 0 aromatic heterocycles. The Bertz CT molecular complexity index is 913. The summed E-state index contributed by atoms with van der Waals surface area (Å²) in [7, 11) is -3.80. The third-order valence-electron chi connectivity index (χ3n) is 3.80. The molecule has 0 radical (unpaired) electrons. The van der Waals surface area contributed by atoms with Gasteiger partial charge in [-0.2, -0.15) is 0 Å². The van der Waals surface area contributed by atoms with Crippen LogP contribution in [0, 0.1) is 16.0 Å². The lowest BCUT2D eigenvalue weighted by molar-refractivity contribution is -0.384. The van der Waals surface area contributed by atoms with Crippen LogP contribution in [0.1, 0.15) is 11.1 Å². The first-order valence-corrected chi connectivity index (χ1v) is 9.87. The number of carboxylic acids is 1. The molecule has 1 atom stereocenters. The highest BCUT2D eigenvalue weighted by Gasteiger charge is 2.21. The van der Waals surface area contributed by atoms with Gasteiger partial charge in [-0.3, -0.25) is 14.9 Å². The minimum atomic E-state index is -3.80. The quantitative estimate of drug-likeness (QED) is 0.481. The Morgan fingerprint density at radius 3 is 2.19 bits per heavy atom. The number of nitro benzene ring substituents is 1. The summed E-state index contributed by atoms with van der Waals surface area (Å²) in [4.78, 5) is 21.5. The molecular formula is C17H17ClN2O6S. The molecule has 0 saturated heterocycles. The number of hydrogen-bond donors (Lipinski definition) is 2. The number of sulfonamides is 1. The van der Waals surface area contributed by atoms with Crippen molar-refractivity contribution in [1.82, 2.24) is 4.72 Å². The van der Waals surface area contributed by atoms with Crippen molar-refractivity contribution in [2.75, 3.05) is 6.54 Å². The zero-order valence-corrected chi connectivity index (χ0v) is 15.6. The number of carbonyl (C=O) groups is 1. The average molecular weight is 413 g/mol. The van der Waals surface area contributed by atoms with Gasteiger partial charge in [-0.15, -0.1) is 0 Å². The van der Waals surface area contributed by atoms with E-state index < -0.39 is 32.6 Å². The van der Waals surface area contributed by atoms with Gasteiger partial charge < -0.3 is 5.11 Å². The van der Waals surface area contributed by atoms with Crippen molar-refractivity contribution in [3.05, 3.63) is 74.8 Å². The molecule has 0 amide bonds. The van der Waals surface area contributed by atoms with Crippen LogP contribution in [0.5, 0.6) is 0 Å². The van der Waals surface area contributed by atoms with Gasteiger partial charge >= 0.3 is 5.97 Å². The number of nitrogens with one attached hydrogen (secondary N) is 1. The molecule has 0 heterocycles. The Morgan fingerprint density at radius 1 is 1.11 bits per heavy atom. The van der Waals surface area contributed by atoms with Gasteiger partial charge in [0, 0.05) is 23.7 Å². The summed E-state index contributed by atoms with van der Waals surface area (Å²) in [5.41, 5.74) is 0.942. The van der Waals surface area contributed by atoms with Crippen LogP contribution in [0.15, 0.2) is 48.5 Å². The molecule has 10 heteroatoms. The summed E-state index contributed by atoms with van der Waals surface area (Å²) in [5.74, 6) is -2.47. The summed E-state index contributed by atoms with van der Waals surface area (Å²) < 4.78 is 26.7. The molecule has 8 nitrogen and oxygen atoms in total. The van der Waals surface area contributed by atoms with Crippen LogP contribution in [0.2, 0.25) is 5.02 Å². The van der Waals surface area contributed by atoms with Crippen LogP contribution in [0.3, 0.4) is 0 Å². The first-order chi connectivity index (χ1) is 12.7. The number of nitro groups is 1. The lowest BCUT2D eigenvalue weighted by Crippen LogP contribution is -2.34. The third kappa shape index (κ3) is 6.63. The van der Waals surface area contributed by atoms with E-state index in [-0.39, 0.29) is 18.7 Å². The number of non-ortho nitro benzene ring substituents is 1. The van der Waals surface area contributed by atoms with Gasteiger partial charge in [-0.25, -0.2) is 13.1 Å². The fraction of sp³-hybridized carbons (Fsp3) is 0.235. The molecule has 2 aromatic rings. The monoisotopic (exact) mass is 412 g/mol. The van der Waals surface area contributed by atoms with Gasteiger partial charge in [-0.05, 0) is 29.7 Å². The van der Waals surface area contributed by atoms with Crippen LogP contribution >= 0.6 is 11.6 Å². The fourth-order valence-corrected chi connectivity index (χ4v) is 3.68. The highest BCUT2D eigenvalue weighted by atomic mass is 35.5. The van der Waals surface area contributed by atoms with E-state index in [0.717, 1.165) is 5.56 Å². The van der Waals surface area contributed by atoms with Crippen molar-refractivity contribution in [3.8, 4) is 0 Å². The molecule has 27 heavy (non-hydrogen) atoms. The topological polar surface area (TPSA) is 127 Å². The molecule has 2 aromatic carbocycles. The van der Waals surface area contributed by atoms with Gasteiger partial charge in [0.2, 0.25) is 10.0 Å². The van der Waals surface area contributed by atoms with Crippen LogP contribution in [0.25, 0.3) is 0 Å². The number of carboxylic acid groups (broad SMARTS) is 1. The van der Waals surface area contributed by atoms with E-state index >= 15 is 0 Å². The summed E-state index contributed by atoms with van der Waals surface area (Å²) in [6.45, 7) is -0.271. The Hall–Kier alpha value is -2.49. The maximum Gasteiger partial charge on any atom is 0.308 e. The van der Waals surface area contributed by atoms with Crippen LogP contribution < -0.4 is 4.72 Å². The average Bonchev–Trinajstić information content (AvgIpc) is 2.60. The summed E-state index contributed by atoms with van der Waals surface area (Å²) in [5, 5.41) is 20.5. The van der Waals surface area contributed by atoms with Crippen molar-refractivity contribution in [2.45, 2.75) is 12.2 Å². The standard InChI is InChI=1S/C17H17ClN2O6S/c18-15-5-1-12(2-6-15)9-14(17(21)22)10-19-27(25,26)11-13-3-7-16(8-4-13)20(23)24/h1-8,14,19H,9-11H2,(H,21,22). The Balaban J connectivity index is 1.99. The molecule has 2 rings (SSSR count). The van der Waals surface area contributed by atoms with E-state index in [0.29, 0.717) is 10.6 Å². The lowest BCUT2D eigenvalue weighted by atomic mass is 10.00. The van der Waals surface area contributed by atoms with Crippen molar-refractivity contribution in [3.63, 3.8) is 0 Å². The molecule has 0 spiro atoms. The van der Waals surface area contributed by atoms with E-state index in [1.807, 2.05) is 0 Å². The molecule has 2 N–H and O–H groups in total. The Kier molecular flexibility index (Phi) is 6.89. The summed E-state index contributed by atoms with van der Waals surface area (Å²) >= 11 is 5.79. The van der Waals surface area contributed by atoms with Crippen molar-refractivity contribution in [1.29, 1.82) is 0 Å². The highest BCUT2D eigenvalue weighted by molar-refractivity contribution is 7.88. The van der Waals surface area contributed by atoms with E-state index in [1.54, 1.807) is 24.3 Å². The third-order valence-corrected chi connectivity index (χ3v) is 5.37. The minimum Gasteiger partial charge on any atom is -0.481 e. The molecular weight excluding hydrogens is 396 g/mol. The predicted octanol–water partition coefficient (Wildman–Crippen LogP) is 2.61. The van der Waals surface area contributed by atoms with E-state index in [4.69, 9.17) is 11.6 Å². The van der Waals surface area contributed by atoms with Gasteiger partial charge in [0.15, 0.2) is 0 Å². The molecule has 0 aliphatic heterocycles. The summed E-state index contributed by atoms with van der Waals surface area (Å²) in [6.07, 6.45) is 0.145. The number of hydrogen-bond acceptors (Lipinski definition) is 5. The zero-order chi connectivity index (χ0) is 20.0. The smallest absolute Gasteiger partial charge is 0.308 e. The van der Waals surface area contributed by atoms with E-state index in [9.17, 15) is 28.4 Å². The maximum atomic E-state index is 12.2. The largest absolute Gasteiger partial charge is 0.481 e. The van der Waals surface area contributed by atoms with Gasteiger partial charge in [0.05, 0.1) is 16.6 Å². The molecule has 0 aliphatic rings. The molecule has 0 bridgehead atoms. The minimum absolute atomic E-state index is 0.141. The molecule has 1 unspecified atom stereocenters. The van der Waals surface area contributed by atoms with Crippen LogP contribution in [-0.2, 0) is 27.0 Å². The molecule has 0 aliphatic carbocycles. The number of nitrogens with zero attached hydrogens (tertiary/aromatic N) is 1. The second-order valence-electron chi connectivity index (χ2n) is 5.90. The molecule has 0 fully saturated rings. The SMILES string of the molecule is O=C(O)C(CNS(=O)(=O)Cc1ccc([N+](=O)[O-])cc1)Cc1ccc(Cl)cc1. The van der Waals surface area contributed by atoms with E-state index in [2.05, 4.69) is 4.72 Å². The van der Waals surface area contributed by atoms with E-state index in [1.165, 1.54) is 24.3 Å². The summed E-state index contributed by atoms with van der Waals surface area (Å²) in [6, 6.07) is 11.8. The van der Waals surface area contributed by atoms with Crippen molar-refractivity contribution < 1.29 is 23.2 Å². The van der Waals surface area contributed by atoms with Gasteiger partial charge in [0.1, 0.15) is 0 Å².